The first-order valence-electron chi connectivity index (χ1n) is 11.1. The summed E-state index contributed by atoms with van der Waals surface area (Å²) in [6.07, 6.45) is -1.29. The molecular weight excluding hydrogens is 492 g/mol. The average molecular weight is 514 g/mol. The van der Waals surface area contributed by atoms with Gasteiger partial charge in [0.25, 0.3) is 0 Å². The summed E-state index contributed by atoms with van der Waals surface area (Å²) < 4.78 is 54.8. The molecule has 0 spiro atoms. The van der Waals surface area contributed by atoms with Crippen molar-refractivity contribution in [3.05, 3.63) is 83.9 Å². The first-order chi connectivity index (χ1) is 17.6. The van der Waals surface area contributed by atoms with Crippen LogP contribution < -0.4 is 21.3 Å². The zero-order valence-corrected chi connectivity index (χ0v) is 19.5. The van der Waals surface area contributed by atoms with Crippen LogP contribution in [-0.2, 0) is 17.5 Å². The normalized spacial score (nSPS) is 11.4. The van der Waals surface area contributed by atoms with E-state index < -0.39 is 29.3 Å². The van der Waals surface area contributed by atoms with Crippen LogP contribution in [0, 0.1) is 5.82 Å². The van der Waals surface area contributed by atoms with E-state index in [1.807, 2.05) is 10.6 Å². The molecule has 0 unspecified atom stereocenters. The molecule has 0 saturated heterocycles. The third kappa shape index (κ3) is 6.22. The van der Waals surface area contributed by atoms with Gasteiger partial charge in [-0.25, -0.2) is 14.2 Å². The molecule has 0 radical (unpaired) electrons. The fourth-order valence-electron chi connectivity index (χ4n) is 3.73. The Kier molecular flexibility index (Phi) is 7.39. The molecule has 2 aromatic heterocycles. The number of anilines is 3. The second kappa shape index (κ2) is 10.7. The molecule has 12 heteroatoms. The summed E-state index contributed by atoms with van der Waals surface area (Å²) in [7, 11) is 1.66. The molecular formula is C25H22F4N6O2. The molecule has 4 aromatic rings. The maximum atomic E-state index is 14.0. The van der Waals surface area contributed by atoms with Crippen LogP contribution in [0.2, 0.25) is 0 Å². The number of benzene rings is 2. The molecule has 0 bridgehead atoms. The van der Waals surface area contributed by atoms with Crippen molar-refractivity contribution in [2.24, 2.45) is 0 Å². The Hall–Kier alpha value is -4.45. The van der Waals surface area contributed by atoms with Gasteiger partial charge >= 0.3 is 12.2 Å². The number of nitrogens with zero attached hydrogens (tertiary/aromatic N) is 2. The van der Waals surface area contributed by atoms with Crippen molar-refractivity contribution < 1.29 is 27.2 Å². The molecule has 0 aliphatic rings. The molecule has 0 aliphatic heterocycles. The molecule has 0 aliphatic carbocycles. The maximum absolute atomic E-state index is 14.0. The number of hydrogen-bond donors (Lipinski definition) is 4. The number of rotatable bonds is 7. The summed E-state index contributed by atoms with van der Waals surface area (Å²) in [5.74, 6) is -0.806. The first kappa shape index (κ1) is 25.6. The zero-order chi connectivity index (χ0) is 26.6. The quantitative estimate of drug-likeness (QED) is 0.260. The van der Waals surface area contributed by atoms with Crippen molar-refractivity contribution in [3.8, 4) is 0 Å². The van der Waals surface area contributed by atoms with Gasteiger partial charge in [0.05, 0.1) is 29.0 Å². The van der Waals surface area contributed by atoms with Crippen LogP contribution in [0.15, 0.2) is 67.0 Å². The van der Waals surface area contributed by atoms with Crippen LogP contribution in [0.25, 0.3) is 10.9 Å². The van der Waals surface area contributed by atoms with E-state index in [1.54, 1.807) is 49.8 Å². The van der Waals surface area contributed by atoms with Gasteiger partial charge in [0.15, 0.2) is 0 Å². The third-order valence-electron chi connectivity index (χ3n) is 5.39. The number of likely N-dealkylation sites (N-methyl/N-ethyl adjacent to an activating group) is 1. The van der Waals surface area contributed by atoms with Gasteiger partial charge in [0.2, 0.25) is 5.91 Å². The van der Waals surface area contributed by atoms with Crippen molar-refractivity contribution >= 4 is 40.0 Å². The number of aromatic nitrogens is 2. The SMILES string of the molecule is CNCC(=O)Nc1cc(Cn2ccc3c(NC(=O)Nc4cc(C(F)(F)F)ccc4F)cccc32)ccn1. The third-order valence-corrected chi connectivity index (χ3v) is 5.39. The lowest BCUT2D eigenvalue weighted by molar-refractivity contribution is -0.137. The average Bonchev–Trinajstić information content (AvgIpc) is 3.24. The Morgan fingerprint density at radius 3 is 2.51 bits per heavy atom. The van der Waals surface area contributed by atoms with E-state index >= 15 is 0 Å². The van der Waals surface area contributed by atoms with Crippen LogP contribution in [0.1, 0.15) is 11.1 Å². The molecule has 3 amide bonds. The molecule has 192 valence electrons. The number of nitrogens with one attached hydrogen (secondary N) is 4. The summed E-state index contributed by atoms with van der Waals surface area (Å²) >= 11 is 0. The summed E-state index contributed by atoms with van der Waals surface area (Å²) in [4.78, 5) is 28.4. The monoisotopic (exact) mass is 514 g/mol. The number of urea groups is 1. The van der Waals surface area contributed by atoms with E-state index in [0.717, 1.165) is 11.1 Å². The molecule has 2 aromatic carbocycles. The van der Waals surface area contributed by atoms with Gasteiger partial charge in [0.1, 0.15) is 11.6 Å². The number of carbonyl (C=O) groups is 2. The summed E-state index contributed by atoms with van der Waals surface area (Å²) in [6.45, 7) is 0.587. The predicted molar refractivity (Wildman–Crippen MR) is 132 cm³/mol. The van der Waals surface area contributed by atoms with Crippen molar-refractivity contribution in [1.82, 2.24) is 14.9 Å². The van der Waals surface area contributed by atoms with Crippen LogP contribution >= 0.6 is 0 Å². The minimum Gasteiger partial charge on any atom is -0.343 e. The maximum Gasteiger partial charge on any atom is 0.416 e. The van der Waals surface area contributed by atoms with Gasteiger partial charge in [-0.15, -0.1) is 0 Å². The Bertz CT molecular complexity index is 1450. The molecule has 0 saturated carbocycles. The van der Waals surface area contributed by atoms with Gasteiger partial charge in [-0.3, -0.25) is 4.79 Å². The highest BCUT2D eigenvalue weighted by Crippen LogP contribution is 2.32. The second-order valence-electron chi connectivity index (χ2n) is 8.08. The number of halogens is 4. The van der Waals surface area contributed by atoms with E-state index in [0.29, 0.717) is 41.6 Å². The highest BCUT2D eigenvalue weighted by atomic mass is 19.4. The van der Waals surface area contributed by atoms with Crippen molar-refractivity contribution in [1.29, 1.82) is 0 Å². The van der Waals surface area contributed by atoms with Crippen LogP contribution in [0.3, 0.4) is 0 Å². The van der Waals surface area contributed by atoms with E-state index in [2.05, 4.69) is 26.3 Å². The lowest BCUT2D eigenvalue weighted by Gasteiger charge is -2.13. The van der Waals surface area contributed by atoms with Crippen LogP contribution in [0.4, 0.5) is 39.5 Å². The highest BCUT2D eigenvalue weighted by molar-refractivity contribution is 6.06. The fraction of sp³-hybridized carbons (Fsp3) is 0.160. The first-order valence-corrected chi connectivity index (χ1v) is 11.1. The minimum absolute atomic E-state index is 0.151. The van der Waals surface area contributed by atoms with Gasteiger partial charge in [-0.05, 0) is 61.1 Å². The molecule has 0 atom stereocenters. The van der Waals surface area contributed by atoms with Gasteiger partial charge < -0.3 is 25.8 Å². The van der Waals surface area contributed by atoms with Crippen molar-refractivity contribution in [2.45, 2.75) is 12.7 Å². The summed E-state index contributed by atoms with van der Waals surface area (Å²) in [5, 5.41) is 10.8. The van der Waals surface area contributed by atoms with Crippen LogP contribution in [-0.4, -0.2) is 35.1 Å². The smallest absolute Gasteiger partial charge is 0.343 e. The summed E-state index contributed by atoms with van der Waals surface area (Å²) in [6, 6.07) is 11.4. The van der Waals surface area contributed by atoms with E-state index in [1.165, 1.54) is 0 Å². The molecule has 8 nitrogen and oxygen atoms in total. The number of amides is 3. The Labute approximate surface area is 208 Å². The van der Waals surface area contributed by atoms with Crippen molar-refractivity contribution in [3.63, 3.8) is 0 Å². The highest BCUT2D eigenvalue weighted by Gasteiger charge is 2.31. The van der Waals surface area contributed by atoms with Crippen molar-refractivity contribution in [2.75, 3.05) is 29.5 Å². The molecule has 0 fully saturated rings. The van der Waals surface area contributed by atoms with E-state index in [4.69, 9.17) is 0 Å². The van der Waals surface area contributed by atoms with Gasteiger partial charge in [-0.2, -0.15) is 13.2 Å². The van der Waals surface area contributed by atoms with Gasteiger partial charge in [-0.1, -0.05) is 6.07 Å². The standard InChI is InChI=1S/C25H22F4N6O2/c1-30-13-23(36)34-22-11-15(7-9-31-22)14-35-10-8-17-19(3-2-4-21(17)35)32-24(37)33-20-12-16(25(27,28)29)5-6-18(20)26/h2-12,30H,13-14H2,1H3,(H,31,34,36)(H2,32,33,37). The molecule has 2 heterocycles. The summed E-state index contributed by atoms with van der Waals surface area (Å²) in [5.41, 5.74) is 0.344. The number of pyridine rings is 1. The molecule has 37 heavy (non-hydrogen) atoms. The second-order valence-corrected chi connectivity index (χ2v) is 8.08. The molecule has 4 N–H and O–H groups in total. The topological polar surface area (TPSA) is 100 Å². The zero-order valence-electron chi connectivity index (χ0n) is 19.5. The minimum atomic E-state index is -4.68. The van der Waals surface area contributed by atoms with E-state index in [9.17, 15) is 27.2 Å². The lowest BCUT2D eigenvalue weighted by Crippen LogP contribution is -2.25. The molecule has 4 rings (SSSR count). The van der Waals surface area contributed by atoms with E-state index in [-0.39, 0.29) is 12.5 Å². The number of alkyl halides is 3. The predicted octanol–water partition coefficient (Wildman–Crippen LogP) is 5.04. The lowest BCUT2D eigenvalue weighted by atomic mass is 10.2. The largest absolute Gasteiger partial charge is 0.416 e. The van der Waals surface area contributed by atoms with Gasteiger partial charge in [0, 0.05) is 24.3 Å². The number of carbonyl (C=O) groups excluding carboxylic acids is 2. The fourth-order valence-corrected chi connectivity index (χ4v) is 3.73. The Balaban J connectivity index is 1.50. The number of hydrogen-bond acceptors (Lipinski definition) is 4. The van der Waals surface area contributed by atoms with Crippen LogP contribution in [0.5, 0.6) is 0 Å². The number of fused-ring (bicyclic) bond motifs is 1. The Morgan fingerprint density at radius 2 is 1.76 bits per heavy atom. The Morgan fingerprint density at radius 1 is 0.973 bits per heavy atom.